The van der Waals surface area contributed by atoms with Gasteiger partial charge in [-0.1, -0.05) is 20.8 Å². The van der Waals surface area contributed by atoms with Crippen LogP contribution in [-0.4, -0.2) is 53.0 Å². The van der Waals surface area contributed by atoms with Gasteiger partial charge in [-0.2, -0.15) is 5.26 Å². The van der Waals surface area contributed by atoms with Crippen molar-refractivity contribution in [3.8, 4) is 11.9 Å². The molecule has 0 saturated carbocycles. The highest BCUT2D eigenvalue weighted by atomic mass is 16.5. The number of methoxy groups -OCH3 is 1. The zero-order chi connectivity index (χ0) is 26.5. The number of aryl methyl sites for hydroxylation is 1. The summed E-state index contributed by atoms with van der Waals surface area (Å²) in [4.78, 5) is 42.7. The molecule has 0 spiro atoms. The Kier molecular flexibility index (Phi) is 8.56. The van der Waals surface area contributed by atoms with E-state index in [1.807, 2.05) is 20.8 Å². The van der Waals surface area contributed by atoms with E-state index in [1.54, 1.807) is 29.9 Å². The van der Waals surface area contributed by atoms with Gasteiger partial charge < -0.3 is 25.3 Å². The first-order valence-electron chi connectivity index (χ1n) is 12.3. The normalized spacial score (nSPS) is 17.6. The van der Waals surface area contributed by atoms with E-state index >= 15 is 0 Å². The summed E-state index contributed by atoms with van der Waals surface area (Å²) in [5, 5.41) is 18.8. The number of nitriles is 1. The number of amides is 3. The SMILES string of the molecule is COc1nccc2c1cc(C(=O)N[C@@H](CC(C)(C)C)C(=O)N[C@H](C#N)CC[C@@H]1CCCNC1=O)n2C. The molecule has 10 heteroatoms. The Bertz CT molecular complexity index is 1160. The van der Waals surface area contributed by atoms with Crippen molar-refractivity contribution >= 4 is 28.6 Å². The van der Waals surface area contributed by atoms with Gasteiger partial charge in [0.15, 0.2) is 0 Å². The van der Waals surface area contributed by atoms with E-state index in [0.29, 0.717) is 42.8 Å². The van der Waals surface area contributed by atoms with E-state index in [2.05, 4.69) is 27.0 Å². The van der Waals surface area contributed by atoms with Gasteiger partial charge >= 0.3 is 0 Å². The molecule has 0 unspecified atom stereocenters. The number of nitrogens with one attached hydrogen (secondary N) is 3. The summed E-state index contributed by atoms with van der Waals surface area (Å²) in [7, 11) is 3.28. The van der Waals surface area contributed by atoms with Crippen molar-refractivity contribution in [2.75, 3.05) is 13.7 Å². The number of carbonyl (C=O) groups excluding carboxylic acids is 3. The van der Waals surface area contributed by atoms with Crippen LogP contribution in [0.4, 0.5) is 0 Å². The fraction of sp³-hybridized carbons (Fsp3) is 0.577. The number of carbonyl (C=O) groups is 3. The van der Waals surface area contributed by atoms with Crippen molar-refractivity contribution in [2.24, 2.45) is 18.4 Å². The number of fused-ring (bicyclic) bond motifs is 1. The lowest BCUT2D eigenvalue weighted by atomic mass is 9.87. The van der Waals surface area contributed by atoms with Crippen molar-refractivity contribution in [1.29, 1.82) is 5.26 Å². The maximum absolute atomic E-state index is 13.3. The van der Waals surface area contributed by atoms with Crippen LogP contribution >= 0.6 is 0 Å². The van der Waals surface area contributed by atoms with Gasteiger partial charge in [0.05, 0.1) is 24.1 Å². The molecular formula is C26H36N6O4. The number of hydrogen-bond acceptors (Lipinski definition) is 6. The Morgan fingerprint density at radius 2 is 2.11 bits per heavy atom. The molecule has 1 fully saturated rings. The molecule has 3 amide bonds. The average Bonchev–Trinajstić information content (AvgIpc) is 3.18. The molecule has 0 bridgehead atoms. The monoisotopic (exact) mass is 496 g/mol. The van der Waals surface area contributed by atoms with E-state index in [9.17, 15) is 19.6 Å². The quantitative estimate of drug-likeness (QED) is 0.487. The van der Waals surface area contributed by atoms with Crippen LogP contribution in [0.25, 0.3) is 10.9 Å². The molecular weight excluding hydrogens is 460 g/mol. The predicted molar refractivity (Wildman–Crippen MR) is 135 cm³/mol. The van der Waals surface area contributed by atoms with Crippen LogP contribution < -0.4 is 20.7 Å². The number of piperidine rings is 1. The van der Waals surface area contributed by atoms with Crippen LogP contribution in [0.15, 0.2) is 18.3 Å². The average molecular weight is 497 g/mol. The summed E-state index contributed by atoms with van der Waals surface area (Å²) in [6.45, 7) is 6.63. The third-order valence-corrected chi connectivity index (χ3v) is 6.47. The largest absolute Gasteiger partial charge is 0.481 e. The summed E-state index contributed by atoms with van der Waals surface area (Å²) in [5.74, 6) is -0.559. The highest BCUT2D eigenvalue weighted by Gasteiger charge is 2.30. The van der Waals surface area contributed by atoms with E-state index in [0.717, 1.165) is 18.4 Å². The minimum absolute atomic E-state index is 0.00363. The molecule has 3 atom stereocenters. The van der Waals surface area contributed by atoms with Gasteiger partial charge in [0, 0.05) is 25.7 Å². The van der Waals surface area contributed by atoms with Crippen LogP contribution in [0.3, 0.4) is 0 Å². The minimum atomic E-state index is -0.843. The Labute approximate surface area is 211 Å². The lowest BCUT2D eigenvalue weighted by Gasteiger charge is -2.27. The van der Waals surface area contributed by atoms with Crippen LogP contribution in [0, 0.1) is 22.7 Å². The lowest BCUT2D eigenvalue weighted by Crippen LogP contribution is -2.51. The molecule has 1 saturated heterocycles. The van der Waals surface area contributed by atoms with Crippen molar-refractivity contribution < 1.29 is 19.1 Å². The number of aromatic nitrogens is 2. The standard InChI is InChI=1S/C26H36N6O4/c1-26(2,3)14-19(23(34)30-17(15-27)9-8-16-7-6-11-28-22(16)33)31-24(35)21-13-18-20(32(21)4)10-12-29-25(18)36-5/h10,12-13,16-17,19H,6-9,11,14H2,1-5H3,(H,28,33)(H,30,34)(H,31,35)/t16-,17-,19-/m0/s1. The maximum atomic E-state index is 13.3. The van der Waals surface area contributed by atoms with E-state index in [1.165, 1.54) is 7.11 Å². The molecule has 2 aromatic rings. The third kappa shape index (κ3) is 6.53. The second kappa shape index (κ2) is 11.4. The summed E-state index contributed by atoms with van der Waals surface area (Å²) >= 11 is 0. The van der Waals surface area contributed by atoms with Crippen molar-refractivity contribution in [1.82, 2.24) is 25.5 Å². The van der Waals surface area contributed by atoms with Gasteiger partial charge in [-0.15, -0.1) is 0 Å². The van der Waals surface area contributed by atoms with Crippen molar-refractivity contribution in [2.45, 2.75) is 65.0 Å². The van der Waals surface area contributed by atoms with Crippen molar-refractivity contribution in [3.05, 3.63) is 24.0 Å². The van der Waals surface area contributed by atoms with E-state index in [4.69, 9.17) is 4.74 Å². The molecule has 194 valence electrons. The zero-order valence-corrected chi connectivity index (χ0v) is 21.7. The van der Waals surface area contributed by atoms with Crippen LogP contribution in [0.1, 0.15) is 63.4 Å². The van der Waals surface area contributed by atoms with Gasteiger partial charge in [0.25, 0.3) is 5.91 Å². The lowest BCUT2D eigenvalue weighted by molar-refractivity contribution is -0.126. The van der Waals surface area contributed by atoms with Gasteiger partial charge in [-0.3, -0.25) is 14.4 Å². The van der Waals surface area contributed by atoms with Gasteiger partial charge in [0.2, 0.25) is 17.7 Å². The second-order valence-electron chi connectivity index (χ2n) is 10.5. The fourth-order valence-electron chi connectivity index (χ4n) is 4.59. The highest BCUT2D eigenvalue weighted by Crippen LogP contribution is 2.27. The Balaban J connectivity index is 1.73. The molecule has 1 aliphatic rings. The predicted octanol–water partition coefficient (Wildman–Crippen LogP) is 2.43. The molecule has 0 aromatic carbocycles. The Morgan fingerprint density at radius 1 is 1.36 bits per heavy atom. The number of ether oxygens (including phenoxy) is 1. The first-order chi connectivity index (χ1) is 17.0. The van der Waals surface area contributed by atoms with Crippen LogP contribution in [0.5, 0.6) is 5.88 Å². The second-order valence-corrected chi connectivity index (χ2v) is 10.5. The third-order valence-electron chi connectivity index (χ3n) is 6.47. The molecule has 0 aliphatic carbocycles. The molecule has 10 nitrogen and oxygen atoms in total. The first-order valence-corrected chi connectivity index (χ1v) is 12.3. The van der Waals surface area contributed by atoms with Gasteiger partial charge in [0.1, 0.15) is 17.8 Å². The fourth-order valence-corrected chi connectivity index (χ4v) is 4.59. The minimum Gasteiger partial charge on any atom is -0.481 e. The smallest absolute Gasteiger partial charge is 0.268 e. The van der Waals surface area contributed by atoms with Gasteiger partial charge in [-0.05, 0) is 49.7 Å². The summed E-state index contributed by atoms with van der Waals surface area (Å²) in [6, 6.07) is 4.01. The highest BCUT2D eigenvalue weighted by molar-refractivity contribution is 6.01. The number of pyridine rings is 1. The summed E-state index contributed by atoms with van der Waals surface area (Å²) < 4.78 is 7.04. The maximum Gasteiger partial charge on any atom is 0.268 e. The van der Waals surface area contributed by atoms with Crippen molar-refractivity contribution in [3.63, 3.8) is 0 Å². The molecule has 36 heavy (non-hydrogen) atoms. The molecule has 1 aliphatic heterocycles. The molecule has 3 N–H and O–H groups in total. The topological polar surface area (TPSA) is 138 Å². The molecule has 2 aromatic heterocycles. The first kappa shape index (κ1) is 27.0. The molecule has 3 rings (SSSR count). The van der Waals surface area contributed by atoms with Crippen LogP contribution in [0.2, 0.25) is 0 Å². The molecule has 0 radical (unpaired) electrons. The Hall–Kier alpha value is -3.61. The van der Waals surface area contributed by atoms with Gasteiger partial charge in [-0.25, -0.2) is 4.98 Å². The Morgan fingerprint density at radius 3 is 2.75 bits per heavy atom. The van der Waals surface area contributed by atoms with Crippen LogP contribution in [-0.2, 0) is 16.6 Å². The number of hydrogen-bond donors (Lipinski definition) is 3. The number of nitrogens with zero attached hydrogens (tertiary/aromatic N) is 3. The molecule has 3 heterocycles. The summed E-state index contributed by atoms with van der Waals surface area (Å²) in [6.07, 6.45) is 4.57. The number of rotatable bonds is 9. The van der Waals surface area contributed by atoms with E-state index in [-0.39, 0.29) is 17.2 Å². The summed E-state index contributed by atoms with van der Waals surface area (Å²) in [5.41, 5.74) is 0.882. The zero-order valence-electron chi connectivity index (χ0n) is 21.7. The van der Waals surface area contributed by atoms with E-state index < -0.39 is 23.9 Å².